The fourth-order valence-corrected chi connectivity index (χ4v) is 3.05. The lowest BCUT2D eigenvalue weighted by Crippen LogP contribution is -2.02. The molecular formula is C15H15N3OS. The molecule has 1 N–H and O–H groups in total. The zero-order valence-electron chi connectivity index (χ0n) is 11.2. The van der Waals surface area contributed by atoms with Crippen LogP contribution in [-0.4, -0.2) is 19.7 Å². The maximum atomic E-state index is 10.7. The van der Waals surface area contributed by atoms with Crippen molar-refractivity contribution in [1.29, 1.82) is 0 Å². The summed E-state index contributed by atoms with van der Waals surface area (Å²) in [6, 6.07) is 7.85. The topological polar surface area (TPSA) is 58.9 Å². The Morgan fingerprint density at radius 1 is 1.30 bits per heavy atom. The fourth-order valence-electron chi connectivity index (χ4n) is 2.35. The van der Waals surface area contributed by atoms with Crippen molar-refractivity contribution in [2.45, 2.75) is 25.9 Å². The summed E-state index contributed by atoms with van der Waals surface area (Å²) in [4.78, 5) is 4.99. The molecular weight excluding hydrogens is 270 g/mol. The molecule has 5 heteroatoms. The predicted molar refractivity (Wildman–Crippen MR) is 79.7 cm³/mol. The molecule has 0 spiro atoms. The van der Waals surface area contributed by atoms with Gasteiger partial charge in [0.15, 0.2) is 0 Å². The van der Waals surface area contributed by atoms with Crippen LogP contribution in [0.15, 0.2) is 36.7 Å². The second-order valence-electron chi connectivity index (χ2n) is 4.68. The average Bonchev–Trinajstić information content (AvgIpc) is 2.94. The van der Waals surface area contributed by atoms with Crippen molar-refractivity contribution in [3.05, 3.63) is 52.8 Å². The first-order valence-corrected chi connectivity index (χ1v) is 7.40. The SMILES string of the molecule is CCCc1nnsc1C(O)c1cccc2ccncc12. The van der Waals surface area contributed by atoms with Crippen LogP contribution in [-0.2, 0) is 6.42 Å². The molecule has 4 nitrogen and oxygen atoms in total. The third-order valence-corrected chi connectivity index (χ3v) is 4.15. The van der Waals surface area contributed by atoms with E-state index in [1.54, 1.807) is 12.4 Å². The van der Waals surface area contributed by atoms with Crippen molar-refractivity contribution in [3.8, 4) is 0 Å². The Hall–Kier alpha value is -1.85. The maximum absolute atomic E-state index is 10.7. The van der Waals surface area contributed by atoms with E-state index in [-0.39, 0.29) is 0 Å². The molecule has 0 saturated heterocycles. The molecule has 0 radical (unpaired) electrons. The Labute approximate surface area is 121 Å². The van der Waals surface area contributed by atoms with Gasteiger partial charge in [0, 0.05) is 17.8 Å². The first-order valence-electron chi connectivity index (χ1n) is 6.63. The van der Waals surface area contributed by atoms with Crippen LogP contribution >= 0.6 is 11.5 Å². The lowest BCUT2D eigenvalue weighted by Gasteiger charge is -2.12. The summed E-state index contributed by atoms with van der Waals surface area (Å²) in [5.74, 6) is 0. The van der Waals surface area contributed by atoms with E-state index in [1.807, 2.05) is 24.3 Å². The molecule has 1 aromatic carbocycles. The largest absolute Gasteiger partial charge is 0.383 e. The molecule has 3 rings (SSSR count). The average molecular weight is 285 g/mol. The summed E-state index contributed by atoms with van der Waals surface area (Å²) in [5.41, 5.74) is 1.75. The van der Waals surface area contributed by atoms with Crippen LogP contribution in [0, 0.1) is 0 Å². The molecule has 1 unspecified atom stereocenters. The smallest absolute Gasteiger partial charge is 0.117 e. The molecule has 0 aliphatic heterocycles. The maximum Gasteiger partial charge on any atom is 0.117 e. The van der Waals surface area contributed by atoms with E-state index in [2.05, 4.69) is 21.5 Å². The number of aromatic nitrogens is 3. The number of pyridine rings is 1. The van der Waals surface area contributed by atoms with Crippen molar-refractivity contribution in [3.63, 3.8) is 0 Å². The minimum atomic E-state index is -0.690. The Morgan fingerprint density at radius 3 is 3.05 bits per heavy atom. The lowest BCUT2D eigenvalue weighted by atomic mass is 10.00. The second-order valence-corrected chi connectivity index (χ2v) is 5.47. The first kappa shape index (κ1) is 13.1. The third-order valence-electron chi connectivity index (χ3n) is 3.33. The van der Waals surface area contributed by atoms with E-state index in [1.165, 1.54) is 11.5 Å². The Bertz CT molecular complexity index is 720. The minimum Gasteiger partial charge on any atom is -0.383 e. The molecule has 3 aromatic rings. The van der Waals surface area contributed by atoms with Gasteiger partial charge in [-0.3, -0.25) is 4.98 Å². The molecule has 2 aromatic heterocycles. The van der Waals surface area contributed by atoms with Gasteiger partial charge in [-0.15, -0.1) is 5.10 Å². The second kappa shape index (κ2) is 5.64. The highest BCUT2D eigenvalue weighted by molar-refractivity contribution is 7.05. The highest BCUT2D eigenvalue weighted by Crippen LogP contribution is 2.31. The molecule has 102 valence electrons. The van der Waals surface area contributed by atoms with E-state index >= 15 is 0 Å². The highest BCUT2D eigenvalue weighted by Gasteiger charge is 2.20. The van der Waals surface area contributed by atoms with Crippen LogP contribution in [0.4, 0.5) is 0 Å². The van der Waals surface area contributed by atoms with Crippen molar-refractivity contribution >= 4 is 22.3 Å². The van der Waals surface area contributed by atoms with Gasteiger partial charge in [-0.2, -0.15) is 0 Å². The molecule has 0 bridgehead atoms. The van der Waals surface area contributed by atoms with Crippen molar-refractivity contribution in [2.75, 3.05) is 0 Å². The van der Waals surface area contributed by atoms with Gasteiger partial charge in [-0.05, 0) is 35.0 Å². The molecule has 0 amide bonds. The number of rotatable bonds is 4. The van der Waals surface area contributed by atoms with Gasteiger partial charge >= 0.3 is 0 Å². The Morgan fingerprint density at radius 2 is 2.20 bits per heavy atom. The van der Waals surface area contributed by atoms with E-state index in [0.717, 1.165) is 39.7 Å². The van der Waals surface area contributed by atoms with Crippen LogP contribution < -0.4 is 0 Å². The number of hydrogen-bond acceptors (Lipinski definition) is 5. The highest BCUT2D eigenvalue weighted by atomic mass is 32.1. The molecule has 2 heterocycles. The summed E-state index contributed by atoms with van der Waals surface area (Å²) in [6.45, 7) is 2.09. The van der Waals surface area contributed by atoms with E-state index in [4.69, 9.17) is 0 Å². The number of benzene rings is 1. The normalized spacial score (nSPS) is 12.7. The zero-order valence-corrected chi connectivity index (χ0v) is 12.0. The Kier molecular flexibility index (Phi) is 3.71. The monoisotopic (exact) mass is 285 g/mol. The fraction of sp³-hybridized carbons (Fsp3) is 0.267. The van der Waals surface area contributed by atoms with E-state index in [9.17, 15) is 5.11 Å². The first-order chi connectivity index (χ1) is 9.81. The lowest BCUT2D eigenvalue weighted by molar-refractivity contribution is 0.224. The molecule has 0 fully saturated rings. The zero-order chi connectivity index (χ0) is 13.9. The quantitative estimate of drug-likeness (QED) is 0.800. The van der Waals surface area contributed by atoms with Gasteiger partial charge < -0.3 is 5.11 Å². The standard InChI is InChI=1S/C15H15N3OS/c1-2-4-13-15(20-18-17-13)14(19)11-6-3-5-10-7-8-16-9-12(10)11/h3,5-9,14,19H,2,4H2,1H3. The summed E-state index contributed by atoms with van der Waals surface area (Å²) < 4.78 is 3.98. The van der Waals surface area contributed by atoms with Gasteiger partial charge in [-0.25, -0.2) is 0 Å². The van der Waals surface area contributed by atoms with Gasteiger partial charge in [0.05, 0.1) is 10.6 Å². The predicted octanol–water partition coefficient (Wildman–Crippen LogP) is 3.12. The molecule has 20 heavy (non-hydrogen) atoms. The van der Waals surface area contributed by atoms with Gasteiger partial charge in [0.1, 0.15) is 6.10 Å². The summed E-state index contributed by atoms with van der Waals surface area (Å²) >= 11 is 1.27. The number of hydrogen-bond donors (Lipinski definition) is 1. The van der Waals surface area contributed by atoms with Crippen LogP contribution in [0.1, 0.15) is 35.6 Å². The van der Waals surface area contributed by atoms with Crippen molar-refractivity contribution in [2.24, 2.45) is 0 Å². The van der Waals surface area contributed by atoms with Gasteiger partial charge in [-0.1, -0.05) is 36.0 Å². The van der Waals surface area contributed by atoms with Crippen LogP contribution in [0.5, 0.6) is 0 Å². The third kappa shape index (κ3) is 2.30. The molecule has 0 aliphatic rings. The van der Waals surface area contributed by atoms with E-state index < -0.39 is 6.10 Å². The van der Waals surface area contributed by atoms with Crippen LogP contribution in [0.3, 0.4) is 0 Å². The molecule has 0 aliphatic carbocycles. The van der Waals surface area contributed by atoms with Gasteiger partial charge in [0.25, 0.3) is 0 Å². The number of fused-ring (bicyclic) bond motifs is 1. The van der Waals surface area contributed by atoms with Crippen molar-refractivity contribution < 1.29 is 5.11 Å². The van der Waals surface area contributed by atoms with Crippen LogP contribution in [0.25, 0.3) is 10.8 Å². The summed E-state index contributed by atoms with van der Waals surface area (Å²) in [6.07, 6.45) is 4.69. The molecule has 0 saturated carbocycles. The van der Waals surface area contributed by atoms with E-state index in [0.29, 0.717) is 0 Å². The van der Waals surface area contributed by atoms with Crippen molar-refractivity contribution in [1.82, 2.24) is 14.6 Å². The van der Waals surface area contributed by atoms with Gasteiger partial charge in [0.2, 0.25) is 0 Å². The number of aliphatic hydroxyl groups excluding tert-OH is 1. The minimum absolute atomic E-state index is 0.690. The number of aryl methyl sites for hydroxylation is 1. The van der Waals surface area contributed by atoms with Crippen LogP contribution in [0.2, 0.25) is 0 Å². The summed E-state index contributed by atoms with van der Waals surface area (Å²) in [5, 5.41) is 16.9. The molecule has 1 atom stereocenters. The number of aliphatic hydroxyl groups is 1. The summed E-state index contributed by atoms with van der Waals surface area (Å²) in [7, 11) is 0. The number of nitrogens with zero attached hydrogens (tertiary/aromatic N) is 3. The Balaban J connectivity index is 2.08.